The number of carbonyl (C=O) groups excluding carboxylic acids is 1. The van der Waals surface area contributed by atoms with E-state index in [0.29, 0.717) is 0 Å². The Bertz CT molecular complexity index is 437. The molecule has 0 spiro atoms. The Balaban J connectivity index is 2.60. The van der Waals surface area contributed by atoms with Crippen LogP contribution in [0, 0.1) is 0 Å². The van der Waals surface area contributed by atoms with Crippen molar-refractivity contribution in [2.24, 2.45) is 0 Å². The van der Waals surface area contributed by atoms with Gasteiger partial charge < -0.3 is 13.9 Å². The lowest BCUT2D eigenvalue weighted by molar-refractivity contribution is -0.140. The van der Waals surface area contributed by atoms with Gasteiger partial charge in [-0.2, -0.15) is 5.48 Å². The van der Waals surface area contributed by atoms with Gasteiger partial charge in [-0.25, -0.2) is 9.36 Å². The summed E-state index contributed by atoms with van der Waals surface area (Å²) in [6, 6.07) is 6.99. The number of benzene rings is 1. The van der Waals surface area contributed by atoms with Gasteiger partial charge in [0, 0.05) is 0 Å². The van der Waals surface area contributed by atoms with Crippen LogP contribution in [0.25, 0.3) is 0 Å². The predicted molar refractivity (Wildman–Crippen MR) is 62.6 cm³/mol. The van der Waals surface area contributed by atoms with E-state index < -0.39 is 19.8 Å². The molecule has 0 saturated carbocycles. The minimum absolute atomic E-state index is 0.128. The Labute approximate surface area is 104 Å². The molecule has 0 bridgehead atoms. The van der Waals surface area contributed by atoms with Gasteiger partial charge in [-0.15, -0.1) is 0 Å². The van der Waals surface area contributed by atoms with E-state index >= 15 is 0 Å². The lowest BCUT2D eigenvalue weighted by atomic mass is 10.3. The minimum atomic E-state index is -4.49. The molecule has 0 aliphatic carbocycles. The Morgan fingerprint density at radius 2 is 2.00 bits per heavy atom. The second-order valence-electron chi connectivity index (χ2n) is 3.33. The molecular weight excluding hydrogens is 261 g/mol. The highest BCUT2D eigenvalue weighted by Crippen LogP contribution is 2.43. The molecule has 1 aromatic carbocycles. The van der Waals surface area contributed by atoms with Crippen LogP contribution in [-0.4, -0.2) is 24.0 Å². The zero-order valence-corrected chi connectivity index (χ0v) is 10.8. The Kier molecular flexibility index (Phi) is 5.30. The number of hydrogen-bond donors (Lipinski definition) is 2. The van der Waals surface area contributed by atoms with E-state index in [1.54, 1.807) is 18.2 Å². The molecule has 2 N–H and O–H groups in total. The molecule has 0 fully saturated rings. The summed E-state index contributed by atoms with van der Waals surface area (Å²) in [6.45, 7) is 1.41. The number of carbonyl (C=O) groups is 1. The van der Waals surface area contributed by atoms with Crippen LogP contribution in [0.15, 0.2) is 30.3 Å². The van der Waals surface area contributed by atoms with Crippen molar-refractivity contribution in [1.29, 1.82) is 0 Å². The average Bonchev–Trinajstić information content (AvgIpc) is 2.29. The second kappa shape index (κ2) is 6.51. The monoisotopic (exact) mass is 275 g/mol. The summed E-state index contributed by atoms with van der Waals surface area (Å²) in [5.41, 5.74) is 2.27. The summed E-state index contributed by atoms with van der Waals surface area (Å²) in [7, 11) is -3.18. The lowest BCUT2D eigenvalue weighted by Crippen LogP contribution is -2.34. The number of hydrogen-bond acceptors (Lipinski definition) is 6. The van der Waals surface area contributed by atoms with Gasteiger partial charge in [0.25, 0.3) is 0 Å². The van der Waals surface area contributed by atoms with Crippen LogP contribution < -0.4 is 10.0 Å². The van der Waals surface area contributed by atoms with Crippen molar-refractivity contribution in [2.75, 3.05) is 7.11 Å². The van der Waals surface area contributed by atoms with Crippen molar-refractivity contribution in [1.82, 2.24) is 5.48 Å². The molecule has 0 aliphatic heterocycles. The standard InChI is InChI=1S/C10H14NO6P/c1-8(11-15-2)10(12)17-18(13,14)16-9-6-4-3-5-7-9/h3-8,11H,1-2H3,(H,13,14)/t8-/m0/s1. The van der Waals surface area contributed by atoms with E-state index in [2.05, 4.69) is 14.8 Å². The van der Waals surface area contributed by atoms with Crippen molar-refractivity contribution in [3.63, 3.8) is 0 Å². The highest BCUT2D eigenvalue weighted by atomic mass is 31.2. The van der Waals surface area contributed by atoms with Crippen molar-refractivity contribution in [2.45, 2.75) is 13.0 Å². The molecule has 1 aromatic rings. The third-order valence-corrected chi connectivity index (χ3v) is 2.67. The van der Waals surface area contributed by atoms with E-state index in [0.717, 1.165) is 0 Å². The van der Waals surface area contributed by atoms with Crippen LogP contribution in [0.5, 0.6) is 5.75 Å². The average molecular weight is 275 g/mol. The van der Waals surface area contributed by atoms with Gasteiger partial charge in [-0.05, 0) is 19.1 Å². The van der Waals surface area contributed by atoms with Crippen LogP contribution in [0.4, 0.5) is 0 Å². The van der Waals surface area contributed by atoms with Gasteiger partial charge in [-0.3, -0.25) is 4.89 Å². The van der Waals surface area contributed by atoms with Gasteiger partial charge in [0.05, 0.1) is 7.11 Å². The number of hydroxylamine groups is 1. The van der Waals surface area contributed by atoms with Gasteiger partial charge >= 0.3 is 13.8 Å². The number of phosphoric acid groups is 1. The summed E-state index contributed by atoms with van der Waals surface area (Å²) >= 11 is 0. The van der Waals surface area contributed by atoms with E-state index in [1.165, 1.54) is 26.2 Å². The maximum absolute atomic E-state index is 11.5. The minimum Gasteiger partial charge on any atom is -0.395 e. The maximum atomic E-state index is 11.5. The SMILES string of the molecule is CON[C@@H](C)C(=O)OP(=O)(O)Oc1ccccc1. The number of phosphoric ester groups is 1. The molecule has 0 amide bonds. The van der Waals surface area contributed by atoms with Crippen molar-refractivity contribution in [3.05, 3.63) is 30.3 Å². The molecule has 1 rings (SSSR count). The summed E-state index contributed by atoms with van der Waals surface area (Å²) in [4.78, 5) is 25.2. The van der Waals surface area contributed by atoms with Crippen LogP contribution in [0.3, 0.4) is 0 Å². The molecule has 100 valence electrons. The smallest absolute Gasteiger partial charge is 0.395 e. The van der Waals surface area contributed by atoms with E-state index in [1.807, 2.05) is 0 Å². The Morgan fingerprint density at radius 1 is 1.39 bits per heavy atom. The fourth-order valence-corrected chi connectivity index (χ4v) is 1.86. The van der Waals surface area contributed by atoms with Crippen LogP contribution in [-0.2, 0) is 18.7 Å². The van der Waals surface area contributed by atoms with Crippen LogP contribution in [0.1, 0.15) is 6.92 Å². The number of rotatable bonds is 6. The summed E-state index contributed by atoms with van der Waals surface area (Å²) in [5.74, 6) is -0.831. The molecule has 0 radical (unpaired) electrons. The Hall–Kier alpha value is -1.40. The molecule has 7 nitrogen and oxygen atoms in total. The van der Waals surface area contributed by atoms with Gasteiger partial charge in [0.15, 0.2) is 0 Å². The largest absolute Gasteiger partial charge is 0.587 e. The first-order valence-corrected chi connectivity index (χ1v) is 6.53. The molecule has 18 heavy (non-hydrogen) atoms. The van der Waals surface area contributed by atoms with Crippen molar-refractivity contribution >= 4 is 13.8 Å². The first-order valence-electron chi connectivity index (χ1n) is 5.04. The normalized spacial score (nSPS) is 15.5. The molecule has 1 unspecified atom stereocenters. The van der Waals surface area contributed by atoms with E-state index in [-0.39, 0.29) is 5.75 Å². The zero-order valence-electron chi connectivity index (χ0n) is 9.90. The quantitative estimate of drug-likeness (QED) is 0.596. The zero-order chi connectivity index (χ0) is 13.6. The van der Waals surface area contributed by atoms with E-state index in [9.17, 15) is 14.3 Å². The maximum Gasteiger partial charge on any atom is 0.587 e. The number of para-hydroxylation sites is 1. The molecule has 2 atom stereocenters. The molecule has 8 heteroatoms. The third-order valence-electron chi connectivity index (χ3n) is 1.82. The fraction of sp³-hybridized carbons (Fsp3) is 0.300. The van der Waals surface area contributed by atoms with Gasteiger partial charge in [-0.1, -0.05) is 18.2 Å². The van der Waals surface area contributed by atoms with Gasteiger partial charge in [0.2, 0.25) is 0 Å². The first-order chi connectivity index (χ1) is 8.44. The third kappa shape index (κ3) is 4.85. The molecule has 0 aromatic heterocycles. The lowest BCUT2D eigenvalue weighted by Gasteiger charge is -2.15. The topological polar surface area (TPSA) is 94.1 Å². The summed E-state index contributed by atoms with van der Waals surface area (Å²) in [6.07, 6.45) is 0. The first kappa shape index (κ1) is 14.7. The fourth-order valence-electron chi connectivity index (χ4n) is 1.05. The molecular formula is C10H14NO6P. The summed E-state index contributed by atoms with van der Waals surface area (Å²) < 4.78 is 20.6. The van der Waals surface area contributed by atoms with Crippen molar-refractivity contribution < 1.29 is 28.1 Å². The van der Waals surface area contributed by atoms with E-state index in [4.69, 9.17) is 4.52 Å². The highest BCUT2D eigenvalue weighted by Gasteiger charge is 2.30. The van der Waals surface area contributed by atoms with Crippen LogP contribution in [0.2, 0.25) is 0 Å². The summed E-state index contributed by atoms with van der Waals surface area (Å²) in [5, 5.41) is 0. The van der Waals surface area contributed by atoms with Crippen molar-refractivity contribution in [3.8, 4) is 5.75 Å². The predicted octanol–water partition coefficient (Wildman–Crippen LogP) is 1.25. The van der Waals surface area contributed by atoms with Crippen LogP contribution >= 0.6 is 7.82 Å². The second-order valence-corrected chi connectivity index (χ2v) is 4.63. The molecule has 0 heterocycles. The molecule has 0 saturated heterocycles. The highest BCUT2D eigenvalue weighted by molar-refractivity contribution is 7.48. The molecule has 0 aliphatic rings. The van der Waals surface area contributed by atoms with Gasteiger partial charge in [0.1, 0.15) is 11.8 Å². The number of nitrogens with one attached hydrogen (secondary N) is 1. The Morgan fingerprint density at radius 3 is 2.56 bits per heavy atom.